The van der Waals surface area contributed by atoms with Gasteiger partial charge in [-0.25, -0.2) is 0 Å². The number of amides is 1. The van der Waals surface area contributed by atoms with E-state index in [0.29, 0.717) is 5.69 Å². The second-order valence-electron chi connectivity index (χ2n) is 6.33. The Morgan fingerprint density at radius 3 is 2.35 bits per heavy atom. The van der Waals surface area contributed by atoms with Gasteiger partial charge >= 0.3 is 0 Å². The predicted molar refractivity (Wildman–Crippen MR) is 109 cm³/mol. The van der Waals surface area contributed by atoms with Gasteiger partial charge in [0.1, 0.15) is 5.69 Å². The Morgan fingerprint density at radius 1 is 1.04 bits per heavy atom. The highest BCUT2D eigenvalue weighted by atomic mass is 16.1. The lowest BCUT2D eigenvalue weighted by atomic mass is 10.2. The average Bonchev–Trinajstić information content (AvgIpc) is 2.64. The zero-order valence-corrected chi connectivity index (χ0v) is 16.1. The highest BCUT2D eigenvalue weighted by molar-refractivity contribution is 6.03. The molecule has 0 spiro atoms. The smallest absolute Gasteiger partial charge is 0.274 e. The molecule has 140 valence electrons. The summed E-state index contributed by atoms with van der Waals surface area (Å²) < 4.78 is 0. The van der Waals surface area contributed by atoms with E-state index in [4.69, 9.17) is 0 Å². The molecule has 2 aromatic rings. The lowest BCUT2D eigenvalue weighted by molar-refractivity contribution is 0.102. The van der Waals surface area contributed by atoms with E-state index in [2.05, 4.69) is 39.3 Å². The van der Waals surface area contributed by atoms with Gasteiger partial charge in [-0.3, -0.25) is 9.78 Å². The van der Waals surface area contributed by atoms with E-state index < -0.39 is 0 Å². The largest absolute Gasteiger partial charge is 0.384 e. The highest BCUT2D eigenvalue weighted by Gasteiger charge is 2.09. The van der Waals surface area contributed by atoms with Crippen molar-refractivity contribution in [1.82, 2.24) is 9.88 Å². The minimum Gasteiger partial charge on any atom is -0.384 e. The number of pyridine rings is 1. The van der Waals surface area contributed by atoms with Crippen molar-refractivity contribution in [3.05, 3.63) is 48.3 Å². The summed E-state index contributed by atoms with van der Waals surface area (Å²) in [7, 11) is 4.05. The van der Waals surface area contributed by atoms with Crippen LogP contribution in [0.15, 0.2) is 42.6 Å². The van der Waals surface area contributed by atoms with Crippen molar-refractivity contribution in [2.24, 2.45) is 0 Å². The monoisotopic (exact) mass is 355 g/mol. The van der Waals surface area contributed by atoms with Crippen molar-refractivity contribution in [2.45, 2.75) is 13.8 Å². The summed E-state index contributed by atoms with van der Waals surface area (Å²) >= 11 is 0. The molecule has 0 bridgehead atoms. The summed E-state index contributed by atoms with van der Waals surface area (Å²) in [5.74, 6) is -0.211. The molecule has 2 N–H and O–H groups in total. The van der Waals surface area contributed by atoms with Crippen LogP contribution in [0.3, 0.4) is 0 Å². The molecule has 0 unspecified atom stereocenters. The lowest BCUT2D eigenvalue weighted by Gasteiger charge is -2.21. The van der Waals surface area contributed by atoms with Gasteiger partial charge in [0.25, 0.3) is 5.91 Å². The van der Waals surface area contributed by atoms with Crippen LogP contribution in [0.2, 0.25) is 0 Å². The third-order valence-corrected chi connectivity index (χ3v) is 4.13. The SMILES string of the molecule is CCN(CC)c1ccc(NC(=O)c2cc(NCCN(C)C)ccn2)cc1. The number of likely N-dealkylation sites (N-methyl/N-ethyl adjacent to an activating group) is 1. The number of rotatable bonds is 9. The van der Waals surface area contributed by atoms with E-state index >= 15 is 0 Å². The molecule has 2 rings (SSSR count). The van der Waals surface area contributed by atoms with Gasteiger partial charge < -0.3 is 20.4 Å². The molecule has 26 heavy (non-hydrogen) atoms. The summed E-state index contributed by atoms with van der Waals surface area (Å²) in [6, 6.07) is 11.5. The van der Waals surface area contributed by atoms with Crippen LogP contribution in [0.1, 0.15) is 24.3 Å². The highest BCUT2D eigenvalue weighted by Crippen LogP contribution is 2.18. The number of aromatic nitrogens is 1. The lowest BCUT2D eigenvalue weighted by Crippen LogP contribution is -2.21. The fourth-order valence-corrected chi connectivity index (χ4v) is 2.63. The molecule has 1 aromatic carbocycles. The molecule has 1 amide bonds. The zero-order chi connectivity index (χ0) is 18.9. The molecular weight excluding hydrogens is 326 g/mol. The van der Waals surface area contributed by atoms with Crippen molar-refractivity contribution in [1.29, 1.82) is 0 Å². The first-order valence-corrected chi connectivity index (χ1v) is 9.04. The van der Waals surface area contributed by atoms with E-state index in [0.717, 1.165) is 43.2 Å². The number of benzene rings is 1. The maximum Gasteiger partial charge on any atom is 0.274 e. The van der Waals surface area contributed by atoms with Crippen molar-refractivity contribution < 1.29 is 4.79 Å². The number of hydrogen-bond donors (Lipinski definition) is 2. The molecule has 0 saturated heterocycles. The fraction of sp³-hybridized carbons (Fsp3) is 0.400. The second-order valence-corrected chi connectivity index (χ2v) is 6.33. The minimum absolute atomic E-state index is 0.211. The van der Waals surface area contributed by atoms with Crippen molar-refractivity contribution in [2.75, 3.05) is 55.8 Å². The van der Waals surface area contributed by atoms with Gasteiger partial charge in [-0.1, -0.05) is 0 Å². The topological polar surface area (TPSA) is 60.5 Å². The summed E-state index contributed by atoms with van der Waals surface area (Å²) in [5.41, 5.74) is 3.20. The van der Waals surface area contributed by atoms with Crippen LogP contribution < -0.4 is 15.5 Å². The molecule has 1 heterocycles. The van der Waals surface area contributed by atoms with Crippen LogP contribution in [0.25, 0.3) is 0 Å². The summed E-state index contributed by atoms with van der Waals surface area (Å²) in [5, 5.41) is 6.21. The minimum atomic E-state index is -0.211. The van der Waals surface area contributed by atoms with Crippen molar-refractivity contribution in [3.8, 4) is 0 Å². The van der Waals surface area contributed by atoms with Crippen LogP contribution in [0.4, 0.5) is 17.1 Å². The van der Waals surface area contributed by atoms with Crippen LogP contribution in [0, 0.1) is 0 Å². The Morgan fingerprint density at radius 2 is 1.73 bits per heavy atom. The normalized spacial score (nSPS) is 10.7. The molecular formula is C20H29N5O. The summed E-state index contributed by atoms with van der Waals surface area (Å²) in [6.07, 6.45) is 1.65. The molecule has 0 atom stereocenters. The van der Waals surface area contributed by atoms with Crippen LogP contribution in [-0.2, 0) is 0 Å². The maximum atomic E-state index is 12.5. The van der Waals surface area contributed by atoms with Gasteiger partial charge in [0.2, 0.25) is 0 Å². The molecule has 0 aliphatic rings. The van der Waals surface area contributed by atoms with Crippen molar-refractivity contribution in [3.63, 3.8) is 0 Å². The van der Waals surface area contributed by atoms with E-state index in [1.54, 1.807) is 12.3 Å². The van der Waals surface area contributed by atoms with E-state index in [1.807, 2.05) is 44.4 Å². The number of carbonyl (C=O) groups excluding carboxylic acids is 1. The molecule has 0 aliphatic heterocycles. The molecule has 6 heteroatoms. The third-order valence-electron chi connectivity index (χ3n) is 4.13. The van der Waals surface area contributed by atoms with Gasteiger partial charge in [-0.15, -0.1) is 0 Å². The molecule has 6 nitrogen and oxygen atoms in total. The fourth-order valence-electron chi connectivity index (χ4n) is 2.63. The van der Waals surface area contributed by atoms with Crippen LogP contribution in [0.5, 0.6) is 0 Å². The van der Waals surface area contributed by atoms with Gasteiger partial charge in [0.05, 0.1) is 0 Å². The van der Waals surface area contributed by atoms with Gasteiger partial charge in [0.15, 0.2) is 0 Å². The number of nitrogens with zero attached hydrogens (tertiary/aromatic N) is 3. The van der Waals surface area contributed by atoms with Crippen LogP contribution in [-0.4, -0.2) is 56.1 Å². The third kappa shape index (κ3) is 5.74. The first-order valence-electron chi connectivity index (χ1n) is 9.04. The number of nitrogens with one attached hydrogen (secondary N) is 2. The molecule has 0 saturated carbocycles. The summed E-state index contributed by atoms with van der Waals surface area (Å²) in [6.45, 7) is 7.90. The molecule has 0 radical (unpaired) electrons. The van der Waals surface area contributed by atoms with Gasteiger partial charge in [-0.05, 0) is 64.3 Å². The quantitative estimate of drug-likeness (QED) is 0.724. The van der Waals surface area contributed by atoms with E-state index in [9.17, 15) is 4.79 Å². The van der Waals surface area contributed by atoms with Crippen molar-refractivity contribution >= 4 is 23.0 Å². The Hall–Kier alpha value is -2.60. The average molecular weight is 355 g/mol. The predicted octanol–water partition coefficient (Wildman–Crippen LogP) is 3.15. The Bertz CT molecular complexity index is 696. The molecule has 0 aliphatic carbocycles. The van der Waals surface area contributed by atoms with E-state index in [-0.39, 0.29) is 5.91 Å². The first-order chi connectivity index (χ1) is 12.5. The maximum absolute atomic E-state index is 12.5. The second kappa shape index (κ2) is 9.77. The Labute approximate surface area is 156 Å². The summed E-state index contributed by atoms with van der Waals surface area (Å²) in [4.78, 5) is 21.0. The number of hydrogen-bond acceptors (Lipinski definition) is 5. The molecule has 1 aromatic heterocycles. The Kier molecular flexibility index (Phi) is 7.41. The van der Waals surface area contributed by atoms with Gasteiger partial charge in [0, 0.05) is 49.4 Å². The van der Waals surface area contributed by atoms with Gasteiger partial charge in [-0.2, -0.15) is 0 Å². The number of anilines is 3. The Balaban J connectivity index is 1.99. The first kappa shape index (κ1) is 19.7. The van der Waals surface area contributed by atoms with E-state index in [1.165, 1.54) is 0 Å². The number of carbonyl (C=O) groups is 1. The zero-order valence-electron chi connectivity index (χ0n) is 16.1. The standard InChI is InChI=1S/C20H29N5O/c1-5-25(6-2)18-9-7-16(8-10-18)23-20(26)19-15-17(11-12-22-19)21-13-14-24(3)4/h7-12,15H,5-6,13-14H2,1-4H3,(H,21,22)(H,23,26). The van der Waals surface area contributed by atoms with Crippen LogP contribution >= 0.6 is 0 Å². The molecule has 0 fully saturated rings.